The molecular weight excluding hydrogens is 178 g/mol. The maximum absolute atomic E-state index is 9.22. The molecule has 0 bridgehead atoms. The van der Waals surface area contributed by atoms with Crippen molar-refractivity contribution in [2.75, 3.05) is 11.9 Å². The fourth-order valence-electron chi connectivity index (χ4n) is 0.864. The number of para-hydroxylation sites is 1. The Balaban J connectivity index is 0.00000121. The molecule has 0 fully saturated rings. The van der Waals surface area contributed by atoms with E-state index in [1.54, 1.807) is 12.1 Å². The third-order valence-electron chi connectivity index (χ3n) is 1.38. The lowest BCUT2D eigenvalue weighted by Gasteiger charge is -2.05. The van der Waals surface area contributed by atoms with E-state index in [1.165, 1.54) is 6.07 Å². The molecule has 0 unspecified atom stereocenters. The van der Waals surface area contributed by atoms with Crippen LogP contribution >= 0.6 is 12.4 Å². The lowest BCUT2D eigenvalue weighted by Crippen LogP contribution is -1.95. The van der Waals surface area contributed by atoms with Crippen LogP contribution in [0.4, 0.5) is 5.69 Å². The van der Waals surface area contributed by atoms with E-state index in [0.29, 0.717) is 5.69 Å². The maximum atomic E-state index is 9.22. The smallest absolute Gasteiger partial charge is 0.181 e. The Morgan fingerprint density at radius 2 is 2.00 bits per heavy atom. The minimum atomic E-state index is -0.0940. The Kier molecular flexibility index (Phi) is 4.29. The second-order valence-electron chi connectivity index (χ2n) is 2.20. The maximum Gasteiger partial charge on any atom is 0.181 e. The van der Waals surface area contributed by atoms with Gasteiger partial charge in [-0.2, -0.15) is 0 Å². The van der Waals surface area contributed by atoms with Crippen molar-refractivity contribution in [2.24, 2.45) is 0 Å². The zero-order chi connectivity index (χ0) is 8.27. The summed E-state index contributed by atoms with van der Waals surface area (Å²) in [7, 11) is 0. The summed E-state index contributed by atoms with van der Waals surface area (Å²) in [4.78, 5) is 0. The van der Waals surface area contributed by atoms with Gasteiger partial charge in [0.2, 0.25) is 0 Å². The van der Waals surface area contributed by atoms with Crippen LogP contribution < -0.4 is 5.32 Å². The Morgan fingerprint density at radius 1 is 1.33 bits per heavy atom. The van der Waals surface area contributed by atoms with Gasteiger partial charge in [-0.05, 0) is 19.1 Å². The van der Waals surface area contributed by atoms with Crippen molar-refractivity contribution in [2.45, 2.75) is 6.92 Å². The van der Waals surface area contributed by atoms with Crippen molar-refractivity contribution in [3.8, 4) is 11.5 Å². The molecule has 0 atom stereocenters. The molecule has 0 amide bonds. The van der Waals surface area contributed by atoms with Gasteiger partial charge in [0.1, 0.15) is 0 Å². The first-order chi connectivity index (χ1) is 5.25. The molecule has 1 aromatic rings. The molecule has 4 heteroatoms. The van der Waals surface area contributed by atoms with E-state index in [1.807, 2.05) is 6.92 Å². The highest BCUT2D eigenvalue weighted by Gasteiger charge is 2.02. The summed E-state index contributed by atoms with van der Waals surface area (Å²) in [5.74, 6) is -0.183. The molecule has 0 radical (unpaired) electrons. The number of hydrogen-bond donors (Lipinski definition) is 3. The lowest BCUT2D eigenvalue weighted by atomic mass is 10.2. The predicted octanol–water partition coefficient (Wildman–Crippen LogP) is 1.95. The highest BCUT2D eigenvalue weighted by molar-refractivity contribution is 5.85. The molecular formula is C8H12ClNO2. The van der Waals surface area contributed by atoms with Gasteiger partial charge in [-0.1, -0.05) is 6.07 Å². The number of aromatic hydroxyl groups is 2. The molecule has 3 N–H and O–H groups in total. The largest absolute Gasteiger partial charge is 0.504 e. The Bertz CT molecular complexity index is 253. The van der Waals surface area contributed by atoms with Gasteiger partial charge in [-0.15, -0.1) is 12.4 Å². The molecule has 12 heavy (non-hydrogen) atoms. The molecule has 68 valence electrons. The Morgan fingerprint density at radius 3 is 2.58 bits per heavy atom. The number of phenols is 2. The zero-order valence-corrected chi connectivity index (χ0v) is 7.56. The number of hydrogen-bond acceptors (Lipinski definition) is 3. The second-order valence-corrected chi connectivity index (χ2v) is 2.20. The predicted molar refractivity (Wildman–Crippen MR) is 51.2 cm³/mol. The van der Waals surface area contributed by atoms with Gasteiger partial charge in [0.05, 0.1) is 5.69 Å². The first-order valence-corrected chi connectivity index (χ1v) is 3.50. The normalized spacial score (nSPS) is 8.75. The second kappa shape index (κ2) is 4.72. The number of nitrogens with one attached hydrogen (secondary N) is 1. The molecule has 0 aliphatic heterocycles. The van der Waals surface area contributed by atoms with Crippen molar-refractivity contribution in [3.05, 3.63) is 18.2 Å². The van der Waals surface area contributed by atoms with Crippen LogP contribution in [-0.2, 0) is 0 Å². The van der Waals surface area contributed by atoms with Crippen molar-refractivity contribution >= 4 is 18.1 Å². The van der Waals surface area contributed by atoms with Crippen LogP contribution in [0.25, 0.3) is 0 Å². The Labute approximate surface area is 77.5 Å². The summed E-state index contributed by atoms with van der Waals surface area (Å²) in [6.07, 6.45) is 0. The molecule has 0 aliphatic carbocycles. The summed E-state index contributed by atoms with van der Waals surface area (Å²) < 4.78 is 0. The summed E-state index contributed by atoms with van der Waals surface area (Å²) in [5, 5.41) is 21.2. The van der Waals surface area contributed by atoms with E-state index in [9.17, 15) is 5.11 Å². The van der Waals surface area contributed by atoms with E-state index < -0.39 is 0 Å². The van der Waals surface area contributed by atoms with Crippen molar-refractivity contribution < 1.29 is 10.2 Å². The first kappa shape index (κ1) is 10.9. The topological polar surface area (TPSA) is 52.5 Å². The van der Waals surface area contributed by atoms with Crippen molar-refractivity contribution in [1.29, 1.82) is 0 Å². The lowest BCUT2D eigenvalue weighted by molar-refractivity contribution is 0.405. The van der Waals surface area contributed by atoms with Crippen LogP contribution in [0.2, 0.25) is 0 Å². The summed E-state index contributed by atoms with van der Waals surface area (Å²) >= 11 is 0. The van der Waals surface area contributed by atoms with Gasteiger partial charge in [-0.25, -0.2) is 0 Å². The molecule has 3 nitrogen and oxygen atoms in total. The summed E-state index contributed by atoms with van der Waals surface area (Å²) in [6, 6.07) is 4.82. The van der Waals surface area contributed by atoms with Gasteiger partial charge < -0.3 is 15.5 Å². The average molecular weight is 190 g/mol. The van der Waals surface area contributed by atoms with Crippen LogP contribution in [0.5, 0.6) is 11.5 Å². The van der Waals surface area contributed by atoms with Crippen LogP contribution in [0, 0.1) is 0 Å². The standard InChI is InChI=1S/C8H11NO2.ClH/c1-2-9-6-4-3-5-7(10)8(6)11;/h3-5,9-11H,2H2,1H3;1H. The van der Waals surface area contributed by atoms with Crippen LogP contribution in [0.3, 0.4) is 0 Å². The minimum Gasteiger partial charge on any atom is -0.504 e. The SMILES string of the molecule is CCNc1cccc(O)c1O.Cl. The molecule has 0 aromatic heterocycles. The highest BCUT2D eigenvalue weighted by atomic mass is 35.5. The molecule has 0 aliphatic rings. The molecule has 1 aromatic carbocycles. The molecule has 0 heterocycles. The van der Waals surface area contributed by atoms with Crippen molar-refractivity contribution in [3.63, 3.8) is 0 Å². The number of rotatable bonds is 2. The number of benzene rings is 1. The monoisotopic (exact) mass is 189 g/mol. The molecule has 0 saturated carbocycles. The molecule has 0 saturated heterocycles. The van der Waals surface area contributed by atoms with Gasteiger partial charge in [-0.3, -0.25) is 0 Å². The third-order valence-corrected chi connectivity index (χ3v) is 1.38. The quantitative estimate of drug-likeness (QED) is 0.624. The number of halogens is 1. The third kappa shape index (κ3) is 2.20. The fourth-order valence-corrected chi connectivity index (χ4v) is 0.864. The molecule has 0 spiro atoms. The van der Waals surface area contributed by atoms with Crippen LogP contribution in [0.1, 0.15) is 6.92 Å². The average Bonchev–Trinajstić information content (AvgIpc) is 1.99. The fraction of sp³-hybridized carbons (Fsp3) is 0.250. The van der Waals surface area contributed by atoms with Crippen LogP contribution in [0.15, 0.2) is 18.2 Å². The van der Waals surface area contributed by atoms with Gasteiger partial charge in [0.25, 0.3) is 0 Å². The van der Waals surface area contributed by atoms with E-state index in [4.69, 9.17) is 5.11 Å². The van der Waals surface area contributed by atoms with E-state index >= 15 is 0 Å². The van der Waals surface area contributed by atoms with Crippen molar-refractivity contribution in [1.82, 2.24) is 0 Å². The number of anilines is 1. The number of phenolic OH excluding ortho intramolecular Hbond substituents is 2. The highest BCUT2D eigenvalue weighted by Crippen LogP contribution is 2.31. The minimum absolute atomic E-state index is 0. The Hall–Kier alpha value is -1.09. The zero-order valence-electron chi connectivity index (χ0n) is 6.74. The van der Waals surface area contributed by atoms with Gasteiger partial charge in [0.15, 0.2) is 11.5 Å². The van der Waals surface area contributed by atoms with E-state index in [-0.39, 0.29) is 23.9 Å². The van der Waals surface area contributed by atoms with E-state index in [0.717, 1.165) is 6.54 Å². The van der Waals surface area contributed by atoms with Gasteiger partial charge >= 0.3 is 0 Å². The first-order valence-electron chi connectivity index (χ1n) is 3.50. The summed E-state index contributed by atoms with van der Waals surface area (Å²) in [6.45, 7) is 2.64. The summed E-state index contributed by atoms with van der Waals surface area (Å²) in [5.41, 5.74) is 0.563. The van der Waals surface area contributed by atoms with Gasteiger partial charge in [0, 0.05) is 6.54 Å². The van der Waals surface area contributed by atoms with E-state index in [2.05, 4.69) is 5.32 Å². The molecule has 1 rings (SSSR count). The van der Waals surface area contributed by atoms with Crippen LogP contribution in [-0.4, -0.2) is 16.8 Å².